The van der Waals surface area contributed by atoms with E-state index < -0.39 is 0 Å². The summed E-state index contributed by atoms with van der Waals surface area (Å²) in [6.45, 7) is 6.39. The number of nitrogens with one attached hydrogen (secondary N) is 2. The Hall–Kier alpha value is -1.39. The Kier molecular flexibility index (Phi) is 6.70. The third-order valence-corrected chi connectivity index (χ3v) is 3.94. The molecule has 1 aromatic heterocycles. The van der Waals surface area contributed by atoms with E-state index in [-0.39, 0.29) is 0 Å². The van der Waals surface area contributed by atoms with Gasteiger partial charge in [-0.2, -0.15) is 0 Å². The minimum absolute atomic E-state index is 0.791. The van der Waals surface area contributed by atoms with Crippen LogP contribution in [-0.4, -0.2) is 38.9 Å². The van der Waals surface area contributed by atoms with Crippen LogP contribution in [0, 0.1) is 5.92 Å². The molecule has 1 saturated heterocycles. The molecule has 0 aromatic carbocycles. The number of aliphatic imine (C=N–C) groups is 1. The SMILES string of the molecule is CC/C=C(/CNCC1CCNCC1)C(=NC)c1ccco1. The molecular weight excluding hydrogens is 262 g/mol. The minimum atomic E-state index is 0.791. The second-order valence-corrected chi connectivity index (χ2v) is 5.51. The highest BCUT2D eigenvalue weighted by Gasteiger charge is 2.14. The predicted octanol–water partition coefficient (Wildman–Crippen LogP) is 2.62. The van der Waals surface area contributed by atoms with E-state index in [2.05, 4.69) is 28.6 Å². The van der Waals surface area contributed by atoms with Crippen molar-refractivity contribution in [2.24, 2.45) is 10.9 Å². The highest BCUT2D eigenvalue weighted by Crippen LogP contribution is 2.13. The zero-order valence-corrected chi connectivity index (χ0v) is 13.2. The highest BCUT2D eigenvalue weighted by atomic mass is 16.3. The Balaban J connectivity index is 1.91. The van der Waals surface area contributed by atoms with Crippen molar-refractivity contribution >= 4 is 5.71 Å². The van der Waals surface area contributed by atoms with Crippen LogP contribution in [0.15, 0.2) is 39.5 Å². The molecular formula is C17H27N3O. The lowest BCUT2D eigenvalue weighted by Gasteiger charge is -2.23. The standard InChI is InChI=1S/C17H27N3O/c1-3-5-15(17(18-2)16-6-4-11-21-16)13-20-12-14-7-9-19-10-8-14/h4-6,11,14,19-20H,3,7-10,12-13H2,1-2H3/b15-5-,18-17?. The number of allylic oxidation sites excluding steroid dienone is 1. The molecule has 2 N–H and O–H groups in total. The highest BCUT2D eigenvalue weighted by molar-refractivity contribution is 6.11. The van der Waals surface area contributed by atoms with Crippen LogP contribution in [0.3, 0.4) is 0 Å². The summed E-state index contributed by atoms with van der Waals surface area (Å²) in [7, 11) is 1.83. The molecule has 4 heteroatoms. The van der Waals surface area contributed by atoms with Crippen molar-refractivity contribution in [3.05, 3.63) is 35.8 Å². The Morgan fingerprint density at radius 2 is 2.29 bits per heavy atom. The van der Waals surface area contributed by atoms with Gasteiger partial charge in [-0.3, -0.25) is 4.99 Å². The van der Waals surface area contributed by atoms with Gasteiger partial charge in [-0.25, -0.2) is 0 Å². The molecule has 1 aliphatic heterocycles. The van der Waals surface area contributed by atoms with Gasteiger partial charge in [0.25, 0.3) is 0 Å². The van der Waals surface area contributed by atoms with E-state index in [4.69, 9.17) is 4.42 Å². The van der Waals surface area contributed by atoms with E-state index in [1.807, 2.05) is 19.2 Å². The van der Waals surface area contributed by atoms with Crippen molar-refractivity contribution in [2.75, 3.05) is 33.2 Å². The topological polar surface area (TPSA) is 49.6 Å². The Labute approximate surface area is 127 Å². The smallest absolute Gasteiger partial charge is 0.152 e. The van der Waals surface area contributed by atoms with Gasteiger partial charge < -0.3 is 15.1 Å². The van der Waals surface area contributed by atoms with Gasteiger partial charge in [0.1, 0.15) is 5.71 Å². The van der Waals surface area contributed by atoms with Crippen molar-refractivity contribution in [2.45, 2.75) is 26.2 Å². The molecule has 0 radical (unpaired) electrons. The van der Waals surface area contributed by atoms with E-state index >= 15 is 0 Å². The maximum Gasteiger partial charge on any atom is 0.152 e. The van der Waals surface area contributed by atoms with Crippen LogP contribution in [0.1, 0.15) is 31.9 Å². The van der Waals surface area contributed by atoms with E-state index in [1.54, 1.807) is 6.26 Å². The molecule has 2 rings (SSSR count). The summed E-state index contributed by atoms with van der Waals surface area (Å²) in [5.41, 5.74) is 2.18. The summed E-state index contributed by atoms with van der Waals surface area (Å²) >= 11 is 0. The van der Waals surface area contributed by atoms with E-state index in [9.17, 15) is 0 Å². The lowest BCUT2D eigenvalue weighted by Crippen LogP contribution is -2.34. The zero-order chi connectivity index (χ0) is 14.9. The Morgan fingerprint density at radius 3 is 2.90 bits per heavy atom. The van der Waals surface area contributed by atoms with Gasteiger partial charge in [-0.15, -0.1) is 0 Å². The maximum absolute atomic E-state index is 5.50. The summed E-state index contributed by atoms with van der Waals surface area (Å²) < 4.78 is 5.50. The first-order valence-electron chi connectivity index (χ1n) is 7.96. The van der Waals surface area contributed by atoms with Crippen LogP contribution in [-0.2, 0) is 0 Å². The van der Waals surface area contributed by atoms with Gasteiger partial charge in [-0.05, 0) is 62.5 Å². The van der Waals surface area contributed by atoms with Crippen LogP contribution in [0.5, 0.6) is 0 Å². The first-order valence-corrected chi connectivity index (χ1v) is 7.96. The van der Waals surface area contributed by atoms with Gasteiger partial charge >= 0.3 is 0 Å². The minimum Gasteiger partial charge on any atom is -0.463 e. The van der Waals surface area contributed by atoms with E-state index in [0.717, 1.165) is 50.0 Å². The average molecular weight is 289 g/mol. The van der Waals surface area contributed by atoms with Gasteiger partial charge in [0.05, 0.1) is 6.26 Å². The lowest BCUT2D eigenvalue weighted by atomic mass is 9.98. The fourth-order valence-corrected chi connectivity index (χ4v) is 2.82. The molecule has 1 aliphatic rings. The quantitative estimate of drug-likeness (QED) is 0.759. The fourth-order valence-electron chi connectivity index (χ4n) is 2.82. The van der Waals surface area contributed by atoms with Crippen molar-refractivity contribution in [3.8, 4) is 0 Å². The molecule has 2 heterocycles. The normalized spacial score (nSPS) is 18.2. The lowest BCUT2D eigenvalue weighted by molar-refractivity contribution is 0.361. The van der Waals surface area contributed by atoms with Gasteiger partial charge in [-0.1, -0.05) is 13.0 Å². The molecule has 0 bridgehead atoms. The van der Waals surface area contributed by atoms with Crippen molar-refractivity contribution < 1.29 is 4.42 Å². The van der Waals surface area contributed by atoms with Crippen LogP contribution >= 0.6 is 0 Å². The fraction of sp³-hybridized carbons (Fsp3) is 0.588. The van der Waals surface area contributed by atoms with Gasteiger partial charge in [0.2, 0.25) is 0 Å². The molecule has 4 nitrogen and oxygen atoms in total. The zero-order valence-electron chi connectivity index (χ0n) is 13.2. The summed E-state index contributed by atoms with van der Waals surface area (Å²) in [5.74, 6) is 1.64. The molecule has 0 aliphatic carbocycles. The third kappa shape index (κ3) is 4.83. The Bertz CT molecular complexity index is 456. The van der Waals surface area contributed by atoms with Crippen LogP contribution in [0.2, 0.25) is 0 Å². The molecule has 21 heavy (non-hydrogen) atoms. The first-order chi connectivity index (χ1) is 10.3. The molecule has 0 atom stereocenters. The number of rotatable bonds is 7. The molecule has 1 aromatic rings. The van der Waals surface area contributed by atoms with Crippen molar-refractivity contribution in [3.63, 3.8) is 0 Å². The van der Waals surface area contributed by atoms with Crippen LogP contribution in [0.25, 0.3) is 0 Å². The number of furan rings is 1. The van der Waals surface area contributed by atoms with Gasteiger partial charge in [0, 0.05) is 13.6 Å². The van der Waals surface area contributed by atoms with Crippen molar-refractivity contribution in [1.29, 1.82) is 0 Å². The molecule has 0 saturated carbocycles. The van der Waals surface area contributed by atoms with Gasteiger partial charge in [0.15, 0.2) is 5.76 Å². The Morgan fingerprint density at radius 1 is 1.48 bits per heavy atom. The number of hydrogen-bond acceptors (Lipinski definition) is 4. The molecule has 0 amide bonds. The summed E-state index contributed by atoms with van der Waals surface area (Å²) in [6.07, 6.45) is 7.48. The average Bonchev–Trinajstić information content (AvgIpc) is 3.03. The second-order valence-electron chi connectivity index (χ2n) is 5.51. The molecule has 0 unspecified atom stereocenters. The first kappa shape index (κ1) is 16.0. The second kappa shape index (κ2) is 8.80. The molecule has 116 valence electrons. The monoisotopic (exact) mass is 289 g/mol. The summed E-state index contributed by atoms with van der Waals surface area (Å²) in [5, 5.41) is 7.01. The predicted molar refractivity (Wildman–Crippen MR) is 88.0 cm³/mol. The van der Waals surface area contributed by atoms with Crippen molar-refractivity contribution in [1.82, 2.24) is 10.6 Å². The van der Waals surface area contributed by atoms with E-state index in [1.165, 1.54) is 18.4 Å². The van der Waals surface area contributed by atoms with Crippen LogP contribution in [0.4, 0.5) is 0 Å². The third-order valence-electron chi connectivity index (χ3n) is 3.94. The molecule has 0 spiro atoms. The number of hydrogen-bond donors (Lipinski definition) is 2. The summed E-state index contributed by atoms with van der Waals surface area (Å²) in [4.78, 5) is 4.42. The summed E-state index contributed by atoms with van der Waals surface area (Å²) in [6, 6.07) is 3.88. The maximum atomic E-state index is 5.50. The number of nitrogens with zero attached hydrogens (tertiary/aromatic N) is 1. The largest absolute Gasteiger partial charge is 0.463 e. The number of piperidine rings is 1. The van der Waals surface area contributed by atoms with Crippen LogP contribution < -0.4 is 10.6 Å². The molecule has 1 fully saturated rings. The van der Waals surface area contributed by atoms with E-state index in [0.29, 0.717) is 0 Å².